The topological polar surface area (TPSA) is 0 Å². The predicted octanol–water partition coefficient (Wildman–Crippen LogP) is 7.71. The second-order valence-corrected chi connectivity index (χ2v) is 5.72. The summed E-state index contributed by atoms with van der Waals surface area (Å²) in [4.78, 5) is 0. The van der Waals surface area contributed by atoms with E-state index in [0.29, 0.717) is 0 Å². The lowest BCUT2D eigenvalue weighted by molar-refractivity contribution is 0.816. The smallest absolute Gasteiger partial charge is 0.0348 e. The Balaban J connectivity index is 0.000000406. The summed E-state index contributed by atoms with van der Waals surface area (Å²) < 4.78 is 0. The van der Waals surface area contributed by atoms with E-state index in [2.05, 4.69) is 49.6 Å². The van der Waals surface area contributed by atoms with Gasteiger partial charge in [-0.1, -0.05) is 48.6 Å². The molecule has 0 saturated heterocycles. The van der Waals surface area contributed by atoms with Crippen molar-refractivity contribution in [3.05, 3.63) is 61.8 Å². The maximum atomic E-state index is 3.68. The molecule has 0 unspecified atom stereocenters. The fourth-order valence-corrected chi connectivity index (χ4v) is 2.17. The molecule has 0 aliphatic heterocycles. The largest absolute Gasteiger partial charge is 0.103 e. The second kappa shape index (κ2) is 19.7. The van der Waals surface area contributed by atoms with Gasteiger partial charge in [-0.15, -0.1) is 13.2 Å². The van der Waals surface area contributed by atoms with Gasteiger partial charge >= 0.3 is 0 Å². The van der Waals surface area contributed by atoms with E-state index >= 15 is 0 Å². The molecular weight excluding hydrogens is 264 g/mol. The Morgan fingerprint density at radius 3 is 1.27 bits per heavy atom. The van der Waals surface area contributed by atoms with Gasteiger partial charge in [-0.25, -0.2) is 0 Å². The zero-order chi connectivity index (χ0) is 16.1. The molecule has 1 rings (SSSR count). The van der Waals surface area contributed by atoms with Crippen LogP contribution in [-0.4, -0.2) is 0 Å². The molecule has 0 fully saturated rings. The van der Waals surface area contributed by atoms with E-state index in [1.165, 1.54) is 64.2 Å². The quantitative estimate of drug-likeness (QED) is 0.318. The second-order valence-electron chi connectivity index (χ2n) is 5.72. The molecule has 1 aliphatic carbocycles. The molecule has 0 spiro atoms. The zero-order valence-electron chi connectivity index (χ0n) is 14.5. The standard InChI is InChI=1S/C12H20.C10H16/c1-3-5-7-9-11-12-10-8-6-4-2;1-2-4-6-8-10-9-7-5-3-1/h3-4,11-12H,1-2,5-10H2;1-2,9-10H,3-8H2/b12-11+;2-1-,10-9?. The molecule has 0 radical (unpaired) electrons. The molecule has 0 heteroatoms. The van der Waals surface area contributed by atoms with Crippen molar-refractivity contribution in [2.45, 2.75) is 77.0 Å². The summed E-state index contributed by atoms with van der Waals surface area (Å²) in [5.74, 6) is 0. The fraction of sp³-hybridized carbons (Fsp3) is 0.545. The molecule has 0 bridgehead atoms. The van der Waals surface area contributed by atoms with Crippen molar-refractivity contribution >= 4 is 0 Å². The highest BCUT2D eigenvalue weighted by atomic mass is 13.9. The molecule has 0 aromatic heterocycles. The van der Waals surface area contributed by atoms with Crippen molar-refractivity contribution in [2.24, 2.45) is 0 Å². The van der Waals surface area contributed by atoms with Gasteiger partial charge in [-0.05, 0) is 77.0 Å². The minimum Gasteiger partial charge on any atom is -0.103 e. The van der Waals surface area contributed by atoms with Crippen molar-refractivity contribution in [3.63, 3.8) is 0 Å². The van der Waals surface area contributed by atoms with E-state index < -0.39 is 0 Å². The molecule has 0 saturated carbocycles. The van der Waals surface area contributed by atoms with Crippen molar-refractivity contribution < 1.29 is 0 Å². The van der Waals surface area contributed by atoms with Gasteiger partial charge in [0.25, 0.3) is 0 Å². The van der Waals surface area contributed by atoms with E-state index in [0.717, 1.165) is 12.8 Å². The van der Waals surface area contributed by atoms with Crippen LogP contribution in [0, 0.1) is 0 Å². The van der Waals surface area contributed by atoms with Gasteiger partial charge < -0.3 is 0 Å². The van der Waals surface area contributed by atoms with Crippen molar-refractivity contribution in [2.75, 3.05) is 0 Å². The normalized spacial score (nSPS) is 16.5. The molecule has 22 heavy (non-hydrogen) atoms. The van der Waals surface area contributed by atoms with Gasteiger partial charge in [0.1, 0.15) is 0 Å². The van der Waals surface area contributed by atoms with Crippen LogP contribution in [0.25, 0.3) is 0 Å². The highest BCUT2D eigenvalue weighted by Gasteiger charge is 1.85. The fourth-order valence-electron chi connectivity index (χ4n) is 2.17. The third-order valence-corrected chi connectivity index (χ3v) is 3.54. The van der Waals surface area contributed by atoms with E-state index in [4.69, 9.17) is 0 Å². The lowest BCUT2D eigenvalue weighted by Gasteiger charge is -1.95. The third kappa shape index (κ3) is 18.7. The average Bonchev–Trinajstić information content (AvgIpc) is 2.56. The maximum Gasteiger partial charge on any atom is -0.0348 e. The van der Waals surface area contributed by atoms with Crippen molar-refractivity contribution in [1.29, 1.82) is 0 Å². The van der Waals surface area contributed by atoms with Crippen LogP contribution in [0.3, 0.4) is 0 Å². The SMILES string of the molecule is C1=CCCC/C=C\CCC1.C=CCCC/C=C/CCCC=C. The number of unbranched alkanes of at least 4 members (excludes halogenated alkanes) is 4. The summed E-state index contributed by atoms with van der Waals surface area (Å²) in [5.41, 5.74) is 0. The predicted molar refractivity (Wildman–Crippen MR) is 103 cm³/mol. The van der Waals surface area contributed by atoms with Crippen LogP contribution in [0.2, 0.25) is 0 Å². The summed E-state index contributed by atoms with van der Waals surface area (Å²) in [5, 5.41) is 0. The van der Waals surface area contributed by atoms with Crippen LogP contribution in [0.15, 0.2) is 61.8 Å². The number of hydrogen-bond acceptors (Lipinski definition) is 0. The summed E-state index contributed by atoms with van der Waals surface area (Å²) in [6.45, 7) is 7.37. The Morgan fingerprint density at radius 1 is 0.591 bits per heavy atom. The van der Waals surface area contributed by atoms with E-state index in [1.807, 2.05) is 12.2 Å². The number of hydrogen-bond donors (Lipinski definition) is 0. The zero-order valence-corrected chi connectivity index (χ0v) is 14.5. The Morgan fingerprint density at radius 2 is 0.955 bits per heavy atom. The number of allylic oxidation sites excluding steroid dienone is 8. The average molecular weight is 301 g/mol. The Hall–Kier alpha value is -1.30. The van der Waals surface area contributed by atoms with Crippen LogP contribution in [0.5, 0.6) is 0 Å². The molecule has 0 aromatic carbocycles. The Kier molecular flexibility index (Phi) is 18.5. The van der Waals surface area contributed by atoms with E-state index in [9.17, 15) is 0 Å². The molecular formula is C22H36. The lowest BCUT2D eigenvalue weighted by atomic mass is 10.1. The maximum absolute atomic E-state index is 3.68. The van der Waals surface area contributed by atoms with Gasteiger partial charge in [0.2, 0.25) is 0 Å². The molecule has 0 amide bonds. The third-order valence-electron chi connectivity index (χ3n) is 3.54. The Bertz CT molecular complexity index is 273. The summed E-state index contributed by atoms with van der Waals surface area (Å²) in [6.07, 6.45) is 32.6. The lowest BCUT2D eigenvalue weighted by Crippen LogP contribution is -1.75. The molecule has 0 atom stereocenters. The molecule has 0 heterocycles. The monoisotopic (exact) mass is 300 g/mol. The summed E-state index contributed by atoms with van der Waals surface area (Å²) >= 11 is 0. The van der Waals surface area contributed by atoms with Crippen molar-refractivity contribution in [3.8, 4) is 0 Å². The van der Waals surface area contributed by atoms with Crippen LogP contribution in [-0.2, 0) is 0 Å². The summed E-state index contributed by atoms with van der Waals surface area (Å²) in [7, 11) is 0. The molecule has 0 nitrogen and oxygen atoms in total. The molecule has 124 valence electrons. The van der Waals surface area contributed by atoms with E-state index in [1.54, 1.807) is 0 Å². The first-order valence-electron chi connectivity index (χ1n) is 9.08. The highest BCUT2D eigenvalue weighted by molar-refractivity contribution is 4.88. The van der Waals surface area contributed by atoms with E-state index in [-0.39, 0.29) is 0 Å². The first kappa shape index (κ1) is 20.7. The Labute approximate surface area is 139 Å². The number of rotatable bonds is 8. The van der Waals surface area contributed by atoms with Gasteiger partial charge in [0.15, 0.2) is 0 Å². The molecule has 1 aliphatic rings. The minimum absolute atomic E-state index is 1.14. The molecule has 0 aromatic rings. The minimum atomic E-state index is 1.14. The van der Waals surface area contributed by atoms with Gasteiger partial charge in [-0.2, -0.15) is 0 Å². The van der Waals surface area contributed by atoms with Crippen LogP contribution < -0.4 is 0 Å². The first-order chi connectivity index (χ1) is 10.9. The van der Waals surface area contributed by atoms with Gasteiger partial charge in [0.05, 0.1) is 0 Å². The summed E-state index contributed by atoms with van der Waals surface area (Å²) in [6, 6.07) is 0. The van der Waals surface area contributed by atoms with Crippen LogP contribution in [0.4, 0.5) is 0 Å². The highest BCUT2D eigenvalue weighted by Crippen LogP contribution is 2.05. The first-order valence-corrected chi connectivity index (χ1v) is 9.08. The van der Waals surface area contributed by atoms with Crippen molar-refractivity contribution in [1.82, 2.24) is 0 Å². The van der Waals surface area contributed by atoms with Gasteiger partial charge in [-0.3, -0.25) is 0 Å². The van der Waals surface area contributed by atoms with Crippen LogP contribution in [0.1, 0.15) is 77.0 Å². The molecule has 0 N–H and O–H groups in total. The van der Waals surface area contributed by atoms with Gasteiger partial charge in [0, 0.05) is 0 Å². The van der Waals surface area contributed by atoms with Crippen LogP contribution >= 0.6 is 0 Å².